The van der Waals surface area contributed by atoms with Crippen LogP contribution in [0.5, 0.6) is 0 Å². The normalized spacial score (nSPS) is 46.5. The number of rotatable bonds is 3. The molecular weight excluding hydrogens is 240 g/mol. The Morgan fingerprint density at radius 3 is 1.70 bits per heavy atom. The van der Waals surface area contributed by atoms with Crippen molar-refractivity contribution in [2.24, 2.45) is 35.5 Å². The molecule has 0 heteroatoms. The molecule has 0 spiro atoms. The van der Waals surface area contributed by atoms with Gasteiger partial charge in [0.25, 0.3) is 0 Å². The Morgan fingerprint density at radius 1 is 0.550 bits per heavy atom. The Morgan fingerprint density at radius 2 is 1.05 bits per heavy atom. The molecule has 0 aliphatic heterocycles. The van der Waals surface area contributed by atoms with Gasteiger partial charge in [-0.15, -0.1) is 0 Å². The second-order valence-corrected chi connectivity index (χ2v) is 8.82. The van der Waals surface area contributed by atoms with Crippen LogP contribution in [0.1, 0.15) is 90.9 Å². The highest BCUT2D eigenvalue weighted by molar-refractivity contribution is 4.85. The first kappa shape index (κ1) is 14.9. The van der Waals surface area contributed by atoms with Crippen LogP contribution in [0.2, 0.25) is 0 Å². The van der Waals surface area contributed by atoms with E-state index in [0.717, 1.165) is 35.5 Å². The Kier molecular flexibility index (Phi) is 5.10. The second-order valence-electron chi connectivity index (χ2n) is 8.82. The Balaban J connectivity index is 1.40. The van der Waals surface area contributed by atoms with Gasteiger partial charge in [-0.25, -0.2) is 0 Å². The molecule has 0 heterocycles. The lowest BCUT2D eigenvalue weighted by Gasteiger charge is -2.31. The predicted octanol–water partition coefficient (Wildman–Crippen LogP) is 6.45. The average Bonchev–Trinajstić information content (AvgIpc) is 2.91. The first-order valence-electron chi connectivity index (χ1n) is 9.70. The van der Waals surface area contributed by atoms with Gasteiger partial charge >= 0.3 is 0 Å². The standard InChI is InChI=1S/C20H36/c1-15-3-7-17(8-4-15)13-18-9-12-20(14-18)19-10-5-16(2)6-11-19/h15-20H,3-14H2,1-2H3. The van der Waals surface area contributed by atoms with Gasteiger partial charge in [0.15, 0.2) is 0 Å². The molecule has 0 nitrogen and oxygen atoms in total. The molecule has 0 N–H and O–H groups in total. The summed E-state index contributed by atoms with van der Waals surface area (Å²) in [5.41, 5.74) is 0. The van der Waals surface area contributed by atoms with Crippen molar-refractivity contribution < 1.29 is 0 Å². The van der Waals surface area contributed by atoms with Crippen LogP contribution in [0.3, 0.4) is 0 Å². The number of hydrogen-bond donors (Lipinski definition) is 0. The molecule has 116 valence electrons. The van der Waals surface area contributed by atoms with E-state index in [1.165, 1.54) is 25.7 Å². The summed E-state index contributed by atoms with van der Waals surface area (Å²) >= 11 is 0. The number of hydrogen-bond acceptors (Lipinski definition) is 0. The first-order chi connectivity index (χ1) is 9.70. The summed E-state index contributed by atoms with van der Waals surface area (Å²) in [4.78, 5) is 0. The van der Waals surface area contributed by atoms with E-state index in [-0.39, 0.29) is 0 Å². The predicted molar refractivity (Wildman–Crippen MR) is 87.7 cm³/mol. The van der Waals surface area contributed by atoms with Crippen LogP contribution in [0.15, 0.2) is 0 Å². The Labute approximate surface area is 127 Å². The van der Waals surface area contributed by atoms with Gasteiger partial charge in [0.05, 0.1) is 0 Å². The van der Waals surface area contributed by atoms with E-state index < -0.39 is 0 Å². The lowest BCUT2D eigenvalue weighted by atomic mass is 9.74. The molecule has 0 aromatic carbocycles. The Hall–Kier alpha value is 0. The van der Waals surface area contributed by atoms with Gasteiger partial charge in [0.1, 0.15) is 0 Å². The van der Waals surface area contributed by atoms with Crippen molar-refractivity contribution in [1.82, 2.24) is 0 Å². The Bertz CT molecular complexity index is 278. The van der Waals surface area contributed by atoms with Crippen molar-refractivity contribution in [3.8, 4) is 0 Å². The summed E-state index contributed by atoms with van der Waals surface area (Å²) in [5, 5.41) is 0. The van der Waals surface area contributed by atoms with Gasteiger partial charge in [-0.3, -0.25) is 0 Å². The van der Waals surface area contributed by atoms with Crippen LogP contribution in [0.4, 0.5) is 0 Å². The van der Waals surface area contributed by atoms with Gasteiger partial charge in [0, 0.05) is 0 Å². The monoisotopic (exact) mass is 276 g/mol. The summed E-state index contributed by atoms with van der Waals surface area (Å²) in [6, 6.07) is 0. The quantitative estimate of drug-likeness (QED) is 0.556. The van der Waals surface area contributed by atoms with Crippen molar-refractivity contribution in [3.05, 3.63) is 0 Å². The molecule has 3 fully saturated rings. The topological polar surface area (TPSA) is 0 Å². The molecule has 0 aromatic heterocycles. The highest BCUT2D eigenvalue weighted by Gasteiger charge is 2.33. The zero-order valence-corrected chi connectivity index (χ0v) is 13.9. The van der Waals surface area contributed by atoms with Crippen LogP contribution >= 0.6 is 0 Å². The molecule has 0 saturated heterocycles. The van der Waals surface area contributed by atoms with E-state index in [1.54, 1.807) is 51.4 Å². The van der Waals surface area contributed by atoms with Gasteiger partial charge in [-0.05, 0) is 67.6 Å². The minimum atomic E-state index is 1.02. The molecule has 0 amide bonds. The fourth-order valence-electron chi connectivity index (χ4n) is 5.55. The minimum absolute atomic E-state index is 1.02. The summed E-state index contributed by atoms with van der Waals surface area (Å²) in [6.07, 6.45) is 18.6. The smallest absolute Gasteiger partial charge is 0.0383 e. The van der Waals surface area contributed by atoms with Crippen LogP contribution in [0.25, 0.3) is 0 Å². The zero-order chi connectivity index (χ0) is 13.9. The van der Waals surface area contributed by atoms with Gasteiger partial charge in [0.2, 0.25) is 0 Å². The average molecular weight is 277 g/mol. The summed E-state index contributed by atoms with van der Waals surface area (Å²) < 4.78 is 0. The lowest BCUT2D eigenvalue weighted by molar-refractivity contribution is 0.202. The van der Waals surface area contributed by atoms with Gasteiger partial charge in [-0.2, -0.15) is 0 Å². The molecule has 0 radical (unpaired) electrons. The second kappa shape index (κ2) is 6.84. The van der Waals surface area contributed by atoms with Crippen LogP contribution in [-0.4, -0.2) is 0 Å². The van der Waals surface area contributed by atoms with Crippen molar-refractivity contribution in [2.45, 2.75) is 90.9 Å². The molecule has 3 saturated carbocycles. The molecule has 2 unspecified atom stereocenters. The largest absolute Gasteiger partial charge is 0.0625 e. The van der Waals surface area contributed by atoms with Crippen LogP contribution in [0, 0.1) is 35.5 Å². The SMILES string of the molecule is CC1CCC(CC2CCC(C3CCC(C)CC3)C2)CC1. The van der Waals surface area contributed by atoms with Gasteiger partial charge < -0.3 is 0 Å². The molecule has 0 aromatic rings. The maximum atomic E-state index is 2.46. The maximum absolute atomic E-state index is 2.46. The molecule has 3 aliphatic carbocycles. The van der Waals surface area contributed by atoms with E-state index in [9.17, 15) is 0 Å². The van der Waals surface area contributed by atoms with E-state index in [0.29, 0.717) is 0 Å². The van der Waals surface area contributed by atoms with E-state index >= 15 is 0 Å². The van der Waals surface area contributed by atoms with Crippen molar-refractivity contribution >= 4 is 0 Å². The maximum Gasteiger partial charge on any atom is -0.0383 e. The van der Waals surface area contributed by atoms with Crippen LogP contribution < -0.4 is 0 Å². The van der Waals surface area contributed by atoms with Crippen molar-refractivity contribution in [2.75, 3.05) is 0 Å². The first-order valence-corrected chi connectivity index (χ1v) is 9.70. The fraction of sp³-hybridized carbons (Fsp3) is 1.00. The molecule has 2 atom stereocenters. The molecule has 3 rings (SSSR count). The van der Waals surface area contributed by atoms with Crippen molar-refractivity contribution in [3.63, 3.8) is 0 Å². The van der Waals surface area contributed by atoms with Gasteiger partial charge in [-0.1, -0.05) is 58.8 Å². The molecule has 3 aliphatic rings. The zero-order valence-electron chi connectivity index (χ0n) is 13.9. The highest BCUT2D eigenvalue weighted by atomic mass is 14.4. The lowest BCUT2D eigenvalue weighted by Crippen LogP contribution is -2.19. The molecular formula is C20H36. The third-order valence-electron chi connectivity index (χ3n) is 7.11. The fourth-order valence-corrected chi connectivity index (χ4v) is 5.55. The third-order valence-corrected chi connectivity index (χ3v) is 7.11. The van der Waals surface area contributed by atoms with Crippen LogP contribution in [-0.2, 0) is 0 Å². The van der Waals surface area contributed by atoms with E-state index in [2.05, 4.69) is 13.8 Å². The highest BCUT2D eigenvalue weighted by Crippen LogP contribution is 2.45. The molecule has 0 bridgehead atoms. The third kappa shape index (κ3) is 3.80. The summed E-state index contributed by atoms with van der Waals surface area (Å²) in [6.45, 7) is 4.91. The molecule has 20 heavy (non-hydrogen) atoms. The minimum Gasteiger partial charge on any atom is -0.0625 e. The summed E-state index contributed by atoms with van der Waals surface area (Å²) in [5.74, 6) is 6.48. The van der Waals surface area contributed by atoms with Crippen molar-refractivity contribution in [1.29, 1.82) is 0 Å². The van der Waals surface area contributed by atoms with E-state index in [1.807, 2.05) is 0 Å². The summed E-state index contributed by atoms with van der Waals surface area (Å²) in [7, 11) is 0. The van der Waals surface area contributed by atoms with E-state index in [4.69, 9.17) is 0 Å².